The highest BCUT2D eigenvalue weighted by Crippen LogP contribution is 2.15. The van der Waals surface area contributed by atoms with E-state index in [9.17, 15) is 10.1 Å². The highest BCUT2D eigenvalue weighted by atomic mass is 16.6. The van der Waals surface area contributed by atoms with Crippen molar-refractivity contribution in [2.24, 2.45) is 5.92 Å². The lowest BCUT2D eigenvalue weighted by molar-refractivity contribution is -0.489. The van der Waals surface area contributed by atoms with Crippen LogP contribution < -0.4 is 0 Å². The fourth-order valence-corrected chi connectivity index (χ4v) is 1.46. The zero-order valence-corrected chi connectivity index (χ0v) is 6.82. The van der Waals surface area contributed by atoms with E-state index in [1.165, 1.54) is 0 Å². The molecule has 1 aliphatic rings. The number of likely N-dealkylation sites (tertiary alicyclic amines) is 1. The molecule has 0 aromatic rings. The lowest BCUT2D eigenvalue weighted by atomic mass is 9.98. The van der Waals surface area contributed by atoms with Gasteiger partial charge in [0, 0.05) is 10.8 Å². The second-order valence-electron chi connectivity index (χ2n) is 3.26. The molecule has 1 saturated heterocycles. The second kappa shape index (κ2) is 3.67. The molecule has 0 N–H and O–H groups in total. The van der Waals surface area contributed by atoms with Gasteiger partial charge >= 0.3 is 0 Å². The molecule has 11 heavy (non-hydrogen) atoms. The SMILES string of the molecule is CN1CCC(C[N+](=O)[O-])CC1. The molecule has 0 aromatic heterocycles. The molecule has 1 aliphatic heterocycles. The van der Waals surface area contributed by atoms with Gasteiger partial charge < -0.3 is 4.90 Å². The maximum Gasteiger partial charge on any atom is 0.206 e. The van der Waals surface area contributed by atoms with Crippen LogP contribution in [-0.2, 0) is 0 Å². The smallest absolute Gasteiger partial charge is 0.206 e. The van der Waals surface area contributed by atoms with Crippen molar-refractivity contribution in [2.45, 2.75) is 12.8 Å². The first kappa shape index (κ1) is 8.46. The first-order chi connectivity index (χ1) is 5.18. The normalized spacial score (nSPS) is 21.9. The van der Waals surface area contributed by atoms with Crippen molar-refractivity contribution in [1.82, 2.24) is 4.90 Å². The van der Waals surface area contributed by atoms with Gasteiger partial charge in [-0.2, -0.15) is 0 Å². The maximum atomic E-state index is 10.1. The van der Waals surface area contributed by atoms with Crippen molar-refractivity contribution in [3.05, 3.63) is 10.1 Å². The molecule has 0 atom stereocenters. The number of piperidine rings is 1. The number of nitro groups is 1. The van der Waals surface area contributed by atoms with E-state index in [0.29, 0.717) is 5.92 Å². The molecule has 0 aliphatic carbocycles. The lowest BCUT2D eigenvalue weighted by Gasteiger charge is -2.26. The number of hydrogen-bond donors (Lipinski definition) is 0. The zero-order chi connectivity index (χ0) is 8.27. The summed E-state index contributed by atoms with van der Waals surface area (Å²) in [5.74, 6) is 0.321. The highest BCUT2D eigenvalue weighted by Gasteiger charge is 2.20. The van der Waals surface area contributed by atoms with Crippen molar-refractivity contribution < 1.29 is 4.92 Å². The second-order valence-corrected chi connectivity index (χ2v) is 3.26. The van der Waals surface area contributed by atoms with E-state index in [2.05, 4.69) is 11.9 Å². The molecule has 4 heteroatoms. The van der Waals surface area contributed by atoms with E-state index in [4.69, 9.17) is 0 Å². The Balaban J connectivity index is 2.22. The standard InChI is InChI=1S/C7H14N2O2/c1-8-4-2-7(3-5-8)6-9(10)11/h7H,2-6H2,1H3. The summed E-state index contributed by atoms with van der Waals surface area (Å²) in [5, 5.41) is 10.1. The molecule has 0 amide bonds. The molecule has 1 rings (SSSR count). The van der Waals surface area contributed by atoms with Gasteiger partial charge in [-0.3, -0.25) is 10.1 Å². The van der Waals surface area contributed by atoms with E-state index in [1.54, 1.807) is 0 Å². The van der Waals surface area contributed by atoms with Crippen LogP contribution in [0.5, 0.6) is 0 Å². The summed E-state index contributed by atoms with van der Waals surface area (Å²) in [7, 11) is 2.06. The summed E-state index contributed by atoms with van der Waals surface area (Å²) in [6.07, 6.45) is 1.97. The van der Waals surface area contributed by atoms with Crippen molar-refractivity contribution in [1.29, 1.82) is 0 Å². The van der Waals surface area contributed by atoms with Gasteiger partial charge in [0.2, 0.25) is 6.54 Å². The summed E-state index contributed by atoms with van der Waals surface area (Å²) in [6, 6.07) is 0. The Kier molecular flexibility index (Phi) is 2.82. The molecule has 1 fully saturated rings. The van der Waals surface area contributed by atoms with Crippen LogP contribution in [0.3, 0.4) is 0 Å². The van der Waals surface area contributed by atoms with Crippen molar-refractivity contribution in [3.63, 3.8) is 0 Å². The van der Waals surface area contributed by atoms with Gasteiger partial charge in [-0.1, -0.05) is 0 Å². The number of nitrogens with zero attached hydrogens (tertiary/aromatic N) is 2. The Morgan fingerprint density at radius 2 is 2.09 bits per heavy atom. The summed E-state index contributed by atoms with van der Waals surface area (Å²) in [4.78, 5) is 12.2. The highest BCUT2D eigenvalue weighted by molar-refractivity contribution is 4.68. The Morgan fingerprint density at radius 3 is 2.55 bits per heavy atom. The van der Waals surface area contributed by atoms with Gasteiger partial charge in [0.25, 0.3) is 0 Å². The van der Waals surface area contributed by atoms with Crippen molar-refractivity contribution in [3.8, 4) is 0 Å². The molecule has 1 heterocycles. The van der Waals surface area contributed by atoms with E-state index < -0.39 is 0 Å². The predicted molar refractivity (Wildman–Crippen MR) is 42.1 cm³/mol. The average Bonchev–Trinajstić information content (AvgIpc) is 1.93. The number of hydrogen-bond acceptors (Lipinski definition) is 3. The molecule has 64 valence electrons. The first-order valence-corrected chi connectivity index (χ1v) is 3.99. The summed E-state index contributed by atoms with van der Waals surface area (Å²) in [5.41, 5.74) is 0. The van der Waals surface area contributed by atoms with Gasteiger partial charge in [-0.25, -0.2) is 0 Å². The van der Waals surface area contributed by atoms with Crippen LogP contribution in [0.25, 0.3) is 0 Å². The summed E-state index contributed by atoms with van der Waals surface area (Å²) < 4.78 is 0. The third kappa shape index (κ3) is 2.84. The van der Waals surface area contributed by atoms with Crippen LogP contribution in [0.2, 0.25) is 0 Å². The molecule has 0 unspecified atom stereocenters. The van der Waals surface area contributed by atoms with E-state index >= 15 is 0 Å². The quantitative estimate of drug-likeness (QED) is 0.437. The Bertz CT molecular complexity index is 141. The van der Waals surface area contributed by atoms with E-state index in [-0.39, 0.29) is 11.5 Å². The first-order valence-electron chi connectivity index (χ1n) is 3.99. The molecule has 0 saturated carbocycles. The van der Waals surface area contributed by atoms with Crippen LogP contribution in [0.1, 0.15) is 12.8 Å². The summed E-state index contributed by atoms with van der Waals surface area (Å²) >= 11 is 0. The minimum atomic E-state index is -0.198. The van der Waals surface area contributed by atoms with Crippen LogP contribution >= 0.6 is 0 Å². The van der Waals surface area contributed by atoms with Gasteiger partial charge in [0.05, 0.1) is 0 Å². The molecular weight excluding hydrogens is 144 g/mol. The van der Waals surface area contributed by atoms with Gasteiger partial charge in [-0.15, -0.1) is 0 Å². The minimum Gasteiger partial charge on any atom is -0.306 e. The van der Waals surface area contributed by atoms with Crippen LogP contribution in [0.4, 0.5) is 0 Å². The van der Waals surface area contributed by atoms with Gasteiger partial charge in [-0.05, 0) is 33.0 Å². The monoisotopic (exact) mass is 158 g/mol. The minimum absolute atomic E-state index is 0.161. The van der Waals surface area contributed by atoms with Crippen molar-refractivity contribution in [2.75, 3.05) is 26.7 Å². The summed E-state index contributed by atoms with van der Waals surface area (Å²) in [6.45, 7) is 2.19. The largest absolute Gasteiger partial charge is 0.306 e. The topological polar surface area (TPSA) is 46.4 Å². The molecule has 0 aromatic carbocycles. The van der Waals surface area contributed by atoms with E-state index in [0.717, 1.165) is 25.9 Å². The number of rotatable bonds is 2. The fraction of sp³-hybridized carbons (Fsp3) is 1.00. The molecule has 4 nitrogen and oxygen atoms in total. The maximum absolute atomic E-state index is 10.1. The van der Waals surface area contributed by atoms with Gasteiger partial charge in [0.15, 0.2) is 0 Å². The lowest BCUT2D eigenvalue weighted by Crippen LogP contribution is -2.32. The van der Waals surface area contributed by atoms with Crippen LogP contribution in [0.15, 0.2) is 0 Å². The Morgan fingerprint density at radius 1 is 1.55 bits per heavy atom. The van der Waals surface area contributed by atoms with E-state index in [1.807, 2.05) is 0 Å². The molecule has 0 radical (unpaired) electrons. The molecular formula is C7H14N2O2. The van der Waals surface area contributed by atoms with Crippen LogP contribution in [-0.4, -0.2) is 36.5 Å². The van der Waals surface area contributed by atoms with Crippen molar-refractivity contribution >= 4 is 0 Å². The Hall–Kier alpha value is -0.640. The van der Waals surface area contributed by atoms with Crippen LogP contribution in [0, 0.1) is 16.0 Å². The zero-order valence-electron chi connectivity index (χ0n) is 6.82. The average molecular weight is 158 g/mol. The third-order valence-corrected chi connectivity index (χ3v) is 2.25. The van der Waals surface area contributed by atoms with Gasteiger partial charge in [0.1, 0.15) is 0 Å². The third-order valence-electron chi connectivity index (χ3n) is 2.25. The molecule has 0 spiro atoms. The predicted octanol–water partition coefficient (Wildman–Crippen LogP) is 0.605. The Labute approximate surface area is 66.3 Å². The fourth-order valence-electron chi connectivity index (χ4n) is 1.46. The molecule has 0 bridgehead atoms.